The van der Waals surface area contributed by atoms with Crippen molar-refractivity contribution in [1.82, 2.24) is 5.32 Å². The van der Waals surface area contributed by atoms with Crippen molar-refractivity contribution in [3.05, 3.63) is 58.6 Å². The molecule has 2 aromatic rings. The Kier molecular flexibility index (Phi) is 10.9. The number of hydrogen-bond donors (Lipinski definition) is 2. The zero-order valence-electron chi connectivity index (χ0n) is 25.8. The average Bonchev–Trinajstić information content (AvgIpc) is 2.90. The molecule has 0 aliphatic heterocycles. The Morgan fingerprint density at radius 2 is 1.67 bits per heavy atom. The summed E-state index contributed by atoms with van der Waals surface area (Å²) in [7, 11) is 0. The van der Waals surface area contributed by atoms with Gasteiger partial charge >= 0.3 is 5.97 Å². The van der Waals surface area contributed by atoms with Gasteiger partial charge in [-0.15, -0.1) is 0 Å². The molecule has 0 radical (unpaired) electrons. The number of carbonyl (C=O) groups excluding carboxylic acids is 2. The monoisotopic (exact) mass is 597 g/mol. The number of nitrogens with one attached hydrogen (secondary N) is 2. The number of amides is 1. The Morgan fingerprint density at radius 1 is 1.00 bits per heavy atom. The lowest BCUT2D eigenvalue weighted by Gasteiger charge is -2.63. The molecule has 1 amide bonds. The number of carbonyl (C=O) groups is 2. The van der Waals surface area contributed by atoms with Gasteiger partial charge in [0.05, 0.1) is 10.6 Å². The summed E-state index contributed by atoms with van der Waals surface area (Å²) >= 11 is 6.19. The lowest BCUT2D eigenvalue weighted by Crippen LogP contribution is -2.74. The first-order chi connectivity index (χ1) is 19.6. The summed E-state index contributed by atoms with van der Waals surface area (Å²) in [6.45, 7) is 15.1. The molecule has 1 aliphatic carbocycles. The van der Waals surface area contributed by atoms with Crippen LogP contribution < -0.4 is 15.4 Å². The normalized spacial score (nSPS) is 18.7. The molecule has 0 bridgehead atoms. The molecule has 0 aromatic heterocycles. The molecule has 9 heteroatoms. The third kappa shape index (κ3) is 8.62. The molecule has 1 fully saturated rings. The van der Waals surface area contributed by atoms with E-state index < -0.39 is 5.60 Å². The fraction of sp³-hybridized carbons (Fsp3) is 0.545. The maximum Gasteiger partial charge on any atom is 0.332 e. The van der Waals surface area contributed by atoms with Crippen LogP contribution in [0.15, 0.2) is 42.5 Å². The number of esters is 1. The summed E-state index contributed by atoms with van der Waals surface area (Å²) in [5.74, 6) is 0.133. The molecule has 0 atom stereocenters. The number of hydrogen-bond acceptors (Lipinski definition) is 7. The van der Waals surface area contributed by atoms with E-state index in [4.69, 9.17) is 31.1 Å². The van der Waals surface area contributed by atoms with Gasteiger partial charge in [0, 0.05) is 47.3 Å². The second-order valence-electron chi connectivity index (χ2n) is 13.0. The molecule has 0 saturated heterocycles. The molecular formula is C33H44ClN3O5. The summed E-state index contributed by atoms with van der Waals surface area (Å²) in [6.07, 6.45) is 2.63. The highest BCUT2D eigenvalue weighted by molar-refractivity contribution is 6.31. The first-order valence-electron chi connectivity index (χ1n) is 14.5. The number of ether oxygens (including phenoxy) is 3. The van der Waals surface area contributed by atoms with Gasteiger partial charge in [0.15, 0.2) is 0 Å². The van der Waals surface area contributed by atoms with Crippen molar-refractivity contribution in [3.63, 3.8) is 0 Å². The van der Waals surface area contributed by atoms with Gasteiger partial charge in [0.1, 0.15) is 30.1 Å². The van der Waals surface area contributed by atoms with Gasteiger partial charge in [-0.1, -0.05) is 39.3 Å². The first-order valence-corrected chi connectivity index (χ1v) is 14.8. The maximum atomic E-state index is 13.1. The minimum Gasteiger partial charge on any atom is -0.489 e. The fourth-order valence-corrected chi connectivity index (χ4v) is 6.03. The highest BCUT2D eigenvalue weighted by Crippen LogP contribution is 2.55. The number of rotatable bonds is 13. The quantitative estimate of drug-likeness (QED) is 0.194. The Morgan fingerprint density at radius 3 is 2.26 bits per heavy atom. The van der Waals surface area contributed by atoms with E-state index >= 15 is 0 Å². The van der Waals surface area contributed by atoms with Crippen molar-refractivity contribution in [1.29, 1.82) is 5.26 Å². The number of unbranched alkanes of at least 4 members (excludes halogenated alkanes) is 2. The number of anilines is 1. The van der Waals surface area contributed by atoms with Crippen LogP contribution >= 0.6 is 11.6 Å². The zero-order chi connectivity index (χ0) is 31.1. The summed E-state index contributed by atoms with van der Waals surface area (Å²) in [5, 5.41) is 16.1. The Labute approximate surface area is 255 Å². The Hall–Kier alpha value is -3.28. The van der Waals surface area contributed by atoms with Crippen LogP contribution in [0.3, 0.4) is 0 Å². The number of benzene rings is 2. The van der Waals surface area contributed by atoms with Gasteiger partial charge in [-0.3, -0.25) is 4.79 Å². The van der Waals surface area contributed by atoms with Crippen LogP contribution in [0.5, 0.6) is 5.75 Å². The number of halogens is 1. The van der Waals surface area contributed by atoms with Crippen molar-refractivity contribution in [2.24, 2.45) is 10.8 Å². The Balaban J connectivity index is 1.41. The lowest BCUT2D eigenvalue weighted by molar-refractivity contribution is -0.164. The molecule has 1 saturated carbocycles. The molecule has 228 valence electrons. The topological polar surface area (TPSA) is 110 Å². The molecule has 0 heterocycles. The Bertz CT molecular complexity index is 1260. The minimum absolute atomic E-state index is 0.0204. The van der Waals surface area contributed by atoms with Gasteiger partial charge in [-0.2, -0.15) is 5.26 Å². The van der Waals surface area contributed by atoms with Crippen molar-refractivity contribution in [2.45, 2.75) is 85.5 Å². The molecule has 0 unspecified atom stereocenters. The van der Waals surface area contributed by atoms with E-state index in [0.717, 1.165) is 31.5 Å². The van der Waals surface area contributed by atoms with Crippen LogP contribution in [-0.2, 0) is 14.3 Å². The standard InChI is InChI=1S/C33H44ClN3O5/c1-31(2,3)42-27(38)21-40-18-10-8-9-17-36-24-14-11-22(12-15-24)28(39)37-29-32(4,5)30(33(29,6)7)41-25-16-13-23(20-35)26(34)19-25/h11-16,19,29-30,36H,8-10,17-18,21H2,1-7H3,(H,37,39)/t29-,30-. The molecule has 42 heavy (non-hydrogen) atoms. The predicted molar refractivity (Wildman–Crippen MR) is 165 cm³/mol. The maximum absolute atomic E-state index is 13.1. The van der Waals surface area contributed by atoms with E-state index in [1.54, 1.807) is 18.2 Å². The van der Waals surface area contributed by atoms with Crippen LogP contribution in [0.2, 0.25) is 5.02 Å². The molecule has 3 rings (SSSR count). The van der Waals surface area contributed by atoms with Gasteiger partial charge in [0.2, 0.25) is 0 Å². The second-order valence-corrected chi connectivity index (χ2v) is 13.4. The van der Waals surface area contributed by atoms with Crippen molar-refractivity contribution < 1.29 is 23.8 Å². The summed E-state index contributed by atoms with van der Waals surface area (Å²) in [5.41, 5.74) is 0.789. The number of nitrogens with zero attached hydrogens (tertiary/aromatic N) is 1. The van der Waals surface area contributed by atoms with E-state index in [9.17, 15) is 9.59 Å². The SMILES string of the molecule is CC(C)(C)OC(=O)COCCCCCNc1ccc(C(=O)N[C@H]2C(C)(C)[C@H](Oc3ccc(C#N)c(Cl)c3)C2(C)C)cc1. The van der Waals surface area contributed by atoms with Crippen LogP contribution in [-0.4, -0.2) is 49.4 Å². The highest BCUT2D eigenvalue weighted by Gasteiger charge is 2.64. The molecule has 1 aliphatic rings. The number of nitriles is 1. The van der Waals surface area contributed by atoms with Crippen LogP contribution in [0.25, 0.3) is 0 Å². The van der Waals surface area contributed by atoms with Gasteiger partial charge in [0.25, 0.3) is 5.91 Å². The summed E-state index contributed by atoms with van der Waals surface area (Å²) in [4.78, 5) is 24.8. The van der Waals surface area contributed by atoms with E-state index in [2.05, 4.69) is 44.4 Å². The van der Waals surface area contributed by atoms with Crippen LogP contribution in [0.4, 0.5) is 5.69 Å². The molecule has 2 aromatic carbocycles. The summed E-state index contributed by atoms with van der Waals surface area (Å²) < 4.78 is 16.9. The highest BCUT2D eigenvalue weighted by atomic mass is 35.5. The third-order valence-electron chi connectivity index (χ3n) is 7.51. The van der Waals surface area contributed by atoms with Gasteiger partial charge < -0.3 is 24.8 Å². The van der Waals surface area contributed by atoms with E-state index in [1.807, 2.05) is 45.0 Å². The second kappa shape index (κ2) is 13.8. The molecular weight excluding hydrogens is 554 g/mol. The molecule has 8 nitrogen and oxygen atoms in total. The first kappa shape index (κ1) is 33.2. The third-order valence-corrected chi connectivity index (χ3v) is 7.82. The smallest absolute Gasteiger partial charge is 0.332 e. The van der Waals surface area contributed by atoms with E-state index in [-0.39, 0.29) is 41.5 Å². The molecule has 2 N–H and O–H groups in total. The lowest BCUT2D eigenvalue weighted by atomic mass is 9.49. The van der Waals surface area contributed by atoms with E-state index in [1.165, 1.54) is 0 Å². The van der Waals surface area contributed by atoms with Gasteiger partial charge in [-0.05, 0) is 76.4 Å². The van der Waals surface area contributed by atoms with E-state index in [0.29, 0.717) is 28.5 Å². The van der Waals surface area contributed by atoms with Crippen molar-refractivity contribution in [2.75, 3.05) is 25.1 Å². The van der Waals surface area contributed by atoms with Gasteiger partial charge in [-0.25, -0.2) is 4.79 Å². The largest absolute Gasteiger partial charge is 0.489 e. The van der Waals surface area contributed by atoms with Crippen molar-refractivity contribution >= 4 is 29.2 Å². The zero-order valence-corrected chi connectivity index (χ0v) is 26.6. The van der Waals surface area contributed by atoms with Crippen LogP contribution in [0, 0.1) is 22.2 Å². The summed E-state index contributed by atoms with van der Waals surface area (Å²) in [6, 6.07) is 14.5. The molecule has 0 spiro atoms. The average molecular weight is 598 g/mol. The fourth-order valence-electron chi connectivity index (χ4n) is 5.81. The predicted octanol–water partition coefficient (Wildman–Crippen LogP) is 6.76. The van der Waals surface area contributed by atoms with Crippen LogP contribution in [0.1, 0.15) is 83.7 Å². The van der Waals surface area contributed by atoms with Crippen molar-refractivity contribution in [3.8, 4) is 11.8 Å². The minimum atomic E-state index is -0.498.